The van der Waals surface area contributed by atoms with Gasteiger partial charge in [-0.15, -0.1) is 11.3 Å². The molecular weight excluding hydrogens is 334 g/mol. The Hall–Kier alpha value is -1.69. The van der Waals surface area contributed by atoms with E-state index in [2.05, 4.69) is 11.9 Å². The Kier molecular flexibility index (Phi) is 4.40. The molecule has 0 radical (unpaired) electrons. The summed E-state index contributed by atoms with van der Waals surface area (Å²) in [6.07, 6.45) is 7.71. The van der Waals surface area contributed by atoms with Gasteiger partial charge in [0.2, 0.25) is 0 Å². The molecule has 0 aromatic carbocycles. The summed E-state index contributed by atoms with van der Waals surface area (Å²) < 4.78 is 1.79. The SMILES string of the molecule is CCN(C(=O)c1sc2nc3n(c(=O)c2c1C)CCC3)C1CCCCC1. The minimum atomic E-state index is 0.0333. The quantitative estimate of drug-likeness (QED) is 0.843. The number of fused-ring (bicyclic) bond motifs is 2. The summed E-state index contributed by atoms with van der Waals surface area (Å²) >= 11 is 1.40. The van der Waals surface area contributed by atoms with Crippen LogP contribution >= 0.6 is 11.3 Å². The largest absolute Gasteiger partial charge is 0.335 e. The van der Waals surface area contributed by atoms with Gasteiger partial charge in [0.05, 0.1) is 10.3 Å². The lowest BCUT2D eigenvalue weighted by molar-refractivity contribution is 0.0652. The molecule has 1 amide bonds. The molecule has 1 saturated carbocycles. The maximum atomic E-state index is 13.2. The average molecular weight is 359 g/mol. The molecule has 0 unspecified atom stereocenters. The van der Waals surface area contributed by atoms with Gasteiger partial charge in [-0.05, 0) is 38.7 Å². The van der Waals surface area contributed by atoms with E-state index < -0.39 is 0 Å². The highest BCUT2D eigenvalue weighted by Crippen LogP contribution is 2.31. The number of carbonyl (C=O) groups excluding carboxylic acids is 1. The smallest absolute Gasteiger partial charge is 0.264 e. The van der Waals surface area contributed by atoms with Gasteiger partial charge in [-0.3, -0.25) is 14.2 Å². The van der Waals surface area contributed by atoms with Gasteiger partial charge in [0, 0.05) is 25.6 Å². The number of hydrogen-bond acceptors (Lipinski definition) is 4. The molecule has 5 nitrogen and oxygen atoms in total. The Bertz CT molecular complexity index is 877. The zero-order valence-electron chi connectivity index (χ0n) is 15.0. The third-order valence-corrected chi connectivity index (χ3v) is 6.90. The van der Waals surface area contributed by atoms with E-state index in [0.29, 0.717) is 16.3 Å². The first-order chi connectivity index (χ1) is 12.1. The van der Waals surface area contributed by atoms with Crippen LogP contribution in [0.15, 0.2) is 4.79 Å². The summed E-state index contributed by atoms with van der Waals surface area (Å²) in [5.41, 5.74) is 0.852. The van der Waals surface area contributed by atoms with E-state index in [1.807, 2.05) is 11.8 Å². The average Bonchev–Trinajstić information content (AvgIpc) is 3.22. The van der Waals surface area contributed by atoms with E-state index in [4.69, 9.17) is 0 Å². The summed E-state index contributed by atoms with van der Waals surface area (Å²) in [7, 11) is 0. The summed E-state index contributed by atoms with van der Waals surface area (Å²) in [4.78, 5) is 34.2. The second-order valence-electron chi connectivity index (χ2n) is 7.21. The fraction of sp³-hybridized carbons (Fsp3) is 0.632. The monoisotopic (exact) mass is 359 g/mol. The standard InChI is InChI=1S/C19H25N3O2S/c1-3-21(13-8-5-4-6-9-13)19(24)16-12(2)15-17(25-16)20-14-10-7-11-22(14)18(15)23/h13H,3-11H2,1-2H3. The van der Waals surface area contributed by atoms with E-state index in [1.165, 1.54) is 30.6 Å². The molecule has 25 heavy (non-hydrogen) atoms. The van der Waals surface area contributed by atoms with Crippen molar-refractivity contribution in [3.05, 3.63) is 26.6 Å². The highest BCUT2D eigenvalue weighted by atomic mass is 32.1. The van der Waals surface area contributed by atoms with E-state index in [0.717, 1.165) is 55.0 Å². The van der Waals surface area contributed by atoms with Gasteiger partial charge < -0.3 is 4.90 Å². The van der Waals surface area contributed by atoms with Gasteiger partial charge in [0.15, 0.2) is 0 Å². The first-order valence-electron chi connectivity index (χ1n) is 9.45. The van der Waals surface area contributed by atoms with Gasteiger partial charge in [-0.2, -0.15) is 0 Å². The number of hydrogen-bond donors (Lipinski definition) is 0. The van der Waals surface area contributed by atoms with Gasteiger partial charge in [0.1, 0.15) is 10.7 Å². The molecule has 2 aromatic heterocycles. The van der Waals surface area contributed by atoms with E-state index in [1.54, 1.807) is 4.57 Å². The number of thiophene rings is 1. The molecule has 3 heterocycles. The van der Waals surface area contributed by atoms with Crippen LogP contribution in [-0.4, -0.2) is 32.9 Å². The molecule has 6 heteroatoms. The number of carbonyl (C=O) groups is 1. The first kappa shape index (κ1) is 16.8. The summed E-state index contributed by atoms with van der Waals surface area (Å²) in [6.45, 7) is 5.43. The summed E-state index contributed by atoms with van der Waals surface area (Å²) in [5, 5.41) is 0.652. The van der Waals surface area contributed by atoms with Gasteiger partial charge in [-0.25, -0.2) is 4.98 Å². The zero-order valence-corrected chi connectivity index (χ0v) is 15.8. The minimum Gasteiger partial charge on any atom is -0.335 e. The van der Waals surface area contributed by atoms with Crippen LogP contribution in [0.5, 0.6) is 0 Å². The normalized spacial score (nSPS) is 17.8. The lowest BCUT2D eigenvalue weighted by atomic mass is 9.94. The van der Waals surface area contributed by atoms with E-state index in [9.17, 15) is 9.59 Å². The number of rotatable bonds is 3. The molecule has 2 aromatic rings. The Morgan fingerprint density at radius 2 is 2.04 bits per heavy atom. The minimum absolute atomic E-state index is 0.0333. The van der Waals surface area contributed by atoms with Gasteiger partial charge >= 0.3 is 0 Å². The van der Waals surface area contributed by atoms with Crippen molar-refractivity contribution in [3.8, 4) is 0 Å². The molecule has 0 N–H and O–H groups in total. The van der Waals surface area contributed by atoms with Gasteiger partial charge in [-0.1, -0.05) is 19.3 Å². The molecule has 0 atom stereocenters. The van der Waals surface area contributed by atoms with Crippen LogP contribution < -0.4 is 5.56 Å². The molecule has 0 saturated heterocycles. The van der Waals surface area contributed by atoms with Crippen molar-refractivity contribution >= 4 is 27.5 Å². The van der Waals surface area contributed by atoms with Crippen LogP contribution in [0.25, 0.3) is 10.2 Å². The maximum Gasteiger partial charge on any atom is 0.264 e. The summed E-state index contributed by atoms with van der Waals surface area (Å²) in [6, 6.07) is 0.343. The second-order valence-corrected chi connectivity index (χ2v) is 8.21. The van der Waals surface area contributed by atoms with E-state index >= 15 is 0 Å². The van der Waals surface area contributed by atoms with Crippen molar-refractivity contribution in [2.45, 2.75) is 71.4 Å². The maximum absolute atomic E-state index is 13.2. The zero-order chi connectivity index (χ0) is 17.6. The molecule has 4 rings (SSSR count). The molecule has 1 aliphatic carbocycles. The molecule has 0 bridgehead atoms. The lowest BCUT2D eigenvalue weighted by Crippen LogP contribution is -2.41. The first-order valence-corrected chi connectivity index (χ1v) is 10.3. The number of nitrogens with zero attached hydrogens (tertiary/aromatic N) is 3. The molecular formula is C19H25N3O2S. The Morgan fingerprint density at radius 1 is 1.28 bits per heavy atom. The van der Waals surface area contributed by atoms with Crippen molar-refractivity contribution in [3.63, 3.8) is 0 Å². The van der Waals surface area contributed by atoms with Crippen LogP contribution in [0.3, 0.4) is 0 Å². The second kappa shape index (κ2) is 6.56. The van der Waals surface area contributed by atoms with Crippen LogP contribution in [0.4, 0.5) is 0 Å². The number of amides is 1. The molecule has 1 aliphatic heterocycles. The third kappa shape index (κ3) is 2.71. The fourth-order valence-corrected chi connectivity index (χ4v) is 5.52. The Labute approximate surface area is 151 Å². The van der Waals surface area contributed by atoms with Crippen molar-refractivity contribution in [2.75, 3.05) is 6.54 Å². The Morgan fingerprint density at radius 3 is 2.76 bits per heavy atom. The number of aromatic nitrogens is 2. The highest BCUT2D eigenvalue weighted by Gasteiger charge is 2.29. The van der Waals surface area contributed by atoms with Crippen molar-refractivity contribution in [1.82, 2.24) is 14.5 Å². The predicted molar refractivity (Wildman–Crippen MR) is 101 cm³/mol. The molecule has 1 fully saturated rings. The molecule has 134 valence electrons. The van der Waals surface area contributed by atoms with Crippen molar-refractivity contribution in [2.24, 2.45) is 0 Å². The third-order valence-electron chi connectivity index (χ3n) is 5.72. The Balaban J connectivity index is 1.76. The molecule has 0 spiro atoms. The van der Waals surface area contributed by atoms with E-state index in [-0.39, 0.29) is 11.5 Å². The number of aryl methyl sites for hydroxylation is 2. The van der Waals surface area contributed by atoms with Crippen LogP contribution in [0, 0.1) is 6.92 Å². The topological polar surface area (TPSA) is 55.2 Å². The van der Waals surface area contributed by atoms with Crippen LogP contribution in [0.2, 0.25) is 0 Å². The van der Waals surface area contributed by atoms with Crippen molar-refractivity contribution < 1.29 is 4.79 Å². The fourth-order valence-electron chi connectivity index (χ4n) is 4.37. The summed E-state index contributed by atoms with van der Waals surface area (Å²) in [5.74, 6) is 0.955. The molecule has 2 aliphatic rings. The van der Waals surface area contributed by atoms with Crippen molar-refractivity contribution in [1.29, 1.82) is 0 Å². The van der Waals surface area contributed by atoms with Crippen LogP contribution in [0.1, 0.15) is 66.5 Å². The predicted octanol–water partition coefficient (Wildman–Crippen LogP) is 3.51. The lowest BCUT2D eigenvalue weighted by Gasteiger charge is -2.33. The van der Waals surface area contributed by atoms with Crippen LogP contribution in [-0.2, 0) is 13.0 Å². The van der Waals surface area contributed by atoms with Gasteiger partial charge in [0.25, 0.3) is 11.5 Å². The highest BCUT2D eigenvalue weighted by molar-refractivity contribution is 7.20.